The van der Waals surface area contributed by atoms with Crippen LogP contribution in [0.3, 0.4) is 0 Å². The predicted molar refractivity (Wildman–Crippen MR) is 122 cm³/mol. The van der Waals surface area contributed by atoms with Crippen molar-refractivity contribution < 1.29 is 4.79 Å². The summed E-state index contributed by atoms with van der Waals surface area (Å²) < 4.78 is 2.05. The third-order valence-corrected chi connectivity index (χ3v) is 6.63. The summed E-state index contributed by atoms with van der Waals surface area (Å²) in [6.07, 6.45) is 4.57. The Morgan fingerprint density at radius 3 is 2.23 bits per heavy atom. The van der Waals surface area contributed by atoms with Crippen LogP contribution in [0, 0.1) is 13.8 Å². The quantitative estimate of drug-likeness (QED) is 0.564. The van der Waals surface area contributed by atoms with Gasteiger partial charge in [-0.1, -0.05) is 72.1 Å². The molecule has 3 aromatic rings. The zero-order valence-electron chi connectivity index (χ0n) is 17.8. The van der Waals surface area contributed by atoms with E-state index in [2.05, 4.69) is 77.9 Å². The van der Waals surface area contributed by atoms with Gasteiger partial charge in [-0.15, -0.1) is 10.2 Å². The Balaban J connectivity index is 1.64. The number of aromatic nitrogens is 3. The fraction of sp³-hybridized carbons (Fsp3) is 0.375. The Labute approximate surface area is 182 Å². The van der Waals surface area contributed by atoms with E-state index in [4.69, 9.17) is 0 Å². The summed E-state index contributed by atoms with van der Waals surface area (Å²) >= 11 is 1.46. The minimum absolute atomic E-state index is 0.0715. The Morgan fingerprint density at radius 2 is 1.60 bits per heavy atom. The summed E-state index contributed by atoms with van der Waals surface area (Å²) in [5, 5.41) is 12.6. The first-order valence-corrected chi connectivity index (χ1v) is 11.5. The van der Waals surface area contributed by atoms with Gasteiger partial charge >= 0.3 is 0 Å². The number of hydrogen-bond acceptors (Lipinski definition) is 4. The van der Waals surface area contributed by atoms with E-state index in [9.17, 15) is 4.79 Å². The predicted octanol–water partition coefficient (Wildman–Crippen LogP) is 5.09. The third-order valence-electron chi connectivity index (χ3n) is 5.59. The Kier molecular flexibility index (Phi) is 6.23. The molecule has 1 aliphatic rings. The highest BCUT2D eigenvalue weighted by Gasteiger charge is 2.24. The molecule has 2 aromatic carbocycles. The number of nitrogens with one attached hydrogen (secondary N) is 1. The Hall–Kier alpha value is -2.60. The van der Waals surface area contributed by atoms with Crippen LogP contribution in [0.25, 0.3) is 17.1 Å². The summed E-state index contributed by atoms with van der Waals surface area (Å²) in [5.41, 5.74) is 4.39. The molecule has 30 heavy (non-hydrogen) atoms. The summed E-state index contributed by atoms with van der Waals surface area (Å²) in [4.78, 5) is 12.7. The van der Waals surface area contributed by atoms with Crippen LogP contribution in [0.1, 0.15) is 43.7 Å². The molecule has 1 heterocycles. The number of benzene rings is 2. The molecule has 6 heteroatoms. The van der Waals surface area contributed by atoms with Crippen LogP contribution in [0.15, 0.2) is 53.7 Å². The van der Waals surface area contributed by atoms with E-state index in [0.717, 1.165) is 35.1 Å². The average Bonchev–Trinajstić information content (AvgIpc) is 3.39. The van der Waals surface area contributed by atoms with Gasteiger partial charge in [-0.2, -0.15) is 0 Å². The largest absolute Gasteiger partial charge is 0.352 e. The van der Waals surface area contributed by atoms with Gasteiger partial charge in [-0.25, -0.2) is 0 Å². The maximum Gasteiger partial charge on any atom is 0.233 e. The number of amides is 1. The molecular weight excluding hydrogens is 392 g/mol. The summed E-state index contributed by atoms with van der Waals surface area (Å²) in [5.74, 6) is 0.854. The molecule has 1 atom stereocenters. The monoisotopic (exact) mass is 420 g/mol. The zero-order valence-corrected chi connectivity index (χ0v) is 18.6. The SMILES string of the molecule is Cc1ccc(-c2nnc(SC(C)C(=O)NC3CCCC3)n2-c2ccc(C)cc2)cc1. The molecule has 0 bridgehead atoms. The van der Waals surface area contributed by atoms with Crippen LogP contribution in [-0.2, 0) is 4.79 Å². The molecule has 4 rings (SSSR count). The smallest absolute Gasteiger partial charge is 0.233 e. The molecule has 0 aliphatic heterocycles. The van der Waals surface area contributed by atoms with E-state index in [0.29, 0.717) is 6.04 Å². The van der Waals surface area contributed by atoms with Crippen LogP contribution in [0.4, 0.5) is 0 Å². The first-order valence-electron chi connectivity index (χ1n) is 10.6. The van der Waals surface area contributed by atoms with Crippen molar-refractivity contribution in [1.82, 2.24) is 20.1 Å². The number of carbonyl (C=O) groups excluding carboxylic acids is 1. The van der Waals surface area contributed by atoms with Crippen LogP contribution in [0.5, 0.6) is 0 Å². The number of rotatable bonds is 6. The van der Waals surface area contributed by atoms with E-state index < -0.39 is 0 Å². The maximum atomic E-state index is 12.7. The number of nitrogens with zero attached hydrogens (tertiary/aromatic N) is 3. The second kappa shape index (κ2) is 9.04. The molecule has 0 spiro atoms. The lowest BCUT2D eigenvalue weighted by atomic mass is 10.1. The topological polar surface area (TPSA) is 59.8 Å². The van der Waals surface area contributed by atoms with Crippen molar-refractivity contribution >= 4 is 17.7 Å². The molecule has 1 amide bonds. The van der Waals surface area contributed by atoms with Crippen molar-refractivity contribution in [2.75, 3.05) is 0 Å². The van der Waals surface area contributed by atoms with Crippen LogP contribution in [0.2, 0.25) is 0 Å². The second-order valence-corrected chi connectivity index (χ2v) is 9.40. The highest BCUT2D eigenvalue weighted by molar-refractivity contribution is 8.00. The van der Waals surface area contributed by atoms with Crippen LogP contribution < -0.4 is 5.32 Å². The molecule has 1 saturated carbocycles. The second-order valence-electron chi connectivity index (χ2n) is 8.09. The van der Waals surface area contributed by atoms with Gasteiger partial charge in [-0.3, -0.25) is 9.36 Å². The Bertz CT molecular complexity index is 1000. The molecule has 1 N–H and O–H groups in total. The molecule has 0 radical (unpaired) electrons. The van der Waals surface area contributed by atoms with E-state index in [-0.39, 0.29) is 11.2 Å². The summed E-state index contributed by atoms with van der Waals surface area (Å²) in [7, 11) is 0. The molecule has 5 nitrogen and oxygen atoms in total. The van der Waals surface area contributed by atoms with Crippen molar-refractivity contribution in [3.05, 3.63) is 59.7 Å². The normalized spacial score (nSPS) is 15.3. The summed E-state index contributed by atoms with van der Waals surface area (Å²) in [6, 6.07) is 16.9. The fourth-order valence-electron chi connectivity index (χ4n) is 3.76. The maximum absolute atomic E-state index is 12.7. The van der Waals surface area contributed by atoms with Gasteiger partial charge < -0.3 is 5.32 Å². The highest BCUT2D eigenvalue weighted by Crippen LogP contribution is 2.31. The van der Waals surface area contributed by atoms with Gasteiger partial charge in [0, 0.05) is 17.3 Å². The number of aryl methyl sites for hydroxylation is 2. The van der Waals surface area contributed by atoms with Gasteiger partial charge in [0.15, 0.2) is 11.0 Å². The average molecular weight is 421 g/mol. The Morgan fingerprint density at radius 1 is 1.00 bits per heavy atom. The van der Waals surface area contributed by atoms with E-state index in [1.54, 1.807) is 0 Å². The van der Waals surface area contributed by atoms with Crippen LogP contribution in [-0.4, -0.2) is 32.0 Å². The van der Waals surface area contributed by atoms with Gasteiger partial charge in [0.25, 0.3) is 0 Å². The molecule has 1 aliphatic carbocycles. The molecule has 1 unspecified atom stereocenters. The highest BCUT2D eigenvalue weighted by atomic mass is 32.2. The van der Waals surface area contributed by atoms with Crippen molar-refractivity contribution in [2.24, 2.45) is 0 Å². The first kappa shape index (κ1) is 20.7. The lowest BCUT2D eigenvalue weighted by Gasteiger charge is -2.17. The lowest BCUT2D eigenvalue weighted by Crippen LogP contribution is -2.37. The number of hydrogen-bond donors (Lipinski definition) is 1. The third kappa shape index (κ3) is 4.59. The zero-order chi connectivity index (χ0) is 21.1. The minimum Gasteiger partial charge on any atom is -0.352 e. The van der Waals surface area contributed by atoms with Crippen molar-refractivity contribution in [3.63, 3.8) is 0 Å². The van der Waals surface area contributed by atoms with Crippen molar-refractivity contribution in [2.45, 2.75) is 62.9 Å². The molecule has 0 saturated heterocycles. The standard InChI is InChI=1S/C24H28N4OS/c1-16-8-12-19(13-9-16)22-26-27-24(28(22)21-14-10-17(2)11-15-21)30-18(3)23(29)25-20-6-4-5-7-20/h8-15,18,20H,4-7H2,1-3H3,(H,25,29). The molecule has 1 aromatic heterocycles. The van der Waals surface area contributed by atoms with Gasteiger partial charge in [0.05, 0.1) is 5.25 Å². The first-order chi connectivity index (χ1) is 14.5. The van der Waals surface area contributed by atoms with Crippen molar-refractivity contribution in [3.8, 4) is 17.1 Å². The van der Waals surface area contributed by atoms with E-state index >= 15 is 0 Å². The van der Waals surface area contributed by atoms with Gasteiger partial charge in [0.1, 0.15) is 0 Å². The van der Waals surface area contributed by atoms with E-state index in [1.165, 1.54) is 35.7 Å². The van der Waals surface area contributed by atoms with Crippen LogP contribution >= 0.6 is 11.8 Å². The number of thioether (sulfide) groups is 1. The number of carbonyl (C=O) groups is 1. The minimum atomic E-state index is -0.245. The van der Waals surface area contributed by atoms with Gasteiger partial charge in [-0.05, 0) is 45.7 Å². The molecule has 1 fully saturated rings. The lowest BCUT2D eigenvalue weighted by molar-refractivity contribution is -0.120. The van der Waals surface area contributed by atoms with Gasteiger partial charge in [0.2, 0.25) is 5.91 Å². The fourth-order valence-corrected chi connectivity index (χ4v) is 4.64. The molecule has 156 valence electrons. The summed E-state index contributed by atoms with van der Waals surface area (Å²) in [6.45, 7) is 6.08. The molecular formula is C24H28N4OS. The van der Waals surface area contributed by atoms with Crippen molar-refractivity contribution in [1.29, 1.82) is 0 Å². The van der Waals surface area contributed by atoms with E-state index in [1.807, 2.05) is 11.5 Å².